The smallest absolute Gasteiger partial charge is 0.255 e. The Hall–Kier alpha value is -5.22. The van der Waals surface area contributed by atoms with Crippen molar-refractivity contribution < 1.29 is 13.9 Å². The summed E-state index contributed by atoms with van der Waals surface area (Å²) in [6.07, 6.45) is 1.81. The molecule has 0 atom stereocenters. The number of nitrogens with zero attached hydrogens (tertiary/aromatic N) is 1. The lowest BCUT2D eigenvalue weighted by molar-refractivity contribution is 0.472. The Balaban J connectivity index is 1.48. The fourth-order valence-corrected chi connectivity index (χ4v) is 6.69. The van der Waals surface area contributed by atoms with Gasteiger partial charge in [-0.15, -0.1) is 0 Å². The van der Waals surface area contributed by atoms with Crippen molar-refractivity contribution in [1.29, 1.82) is 0 Å². The number of furan rings is 1. The zero-order valence-corrected chi connectivity index (χ0v) is 22.0. The van der Waals surface area contributed by atoms with Gasteiger partial charge in [0.1, 0.15) is 34.1 Å². The molecule has 0 amide bonds. The van der Waals surface area contributed by atoms with Gasteiger partial charge in [0.05, 0.1) is 5.39 Å². The third kappa shape index (κ3) is 3.22. The van der Waals surface area contributed by atoms with Crippen LogP contribution in [0, 0.1) is 0 Å². The highest BCUT2D eigenvalue weighted by Crippen LogP contribution is 2.41. The van der Waals surface area contributed by atoms with Gasteiger partial charge in [-0.3, -0.25) is 4.98 Å². The van der Waals surface area contributed by atoms with Gasteiger partial charge in [-0.2, -0.15) is 0 Å². The van der Waals surface area contributed by atoms with Crippen LogP contribution in [0.3, 0.4) is 0 Å². The average Bonchev–Trinajstić information content (AvgIpc) is 3.43. The van der Waals surface area contributed by atoms with Crippen LogP contribution in [-0.4, -0.2) is 18.4 Å². The zero-order valence-electron chi connectivity index (χ0n) is 22.0. The molecule has 0 aliphatic carbocycles. The molecule has 2 aliphatic rings. The van der Waals surface area contributed by atoms with Crippen molar-refractivity contribution in [2.75, 3.05) is 0 Å². The van der Waals surface area contributed by atoms with Crippen molar-refractivity contribution in [1.82, 2.24) is 4.98 Å². The van der Waals surface area contributed by atoms with Crippen molar-refractivity contribution >= 4 is 68.3 Å². The molecule has 0 saturated carbocycles. The lowest BCUT2D eigenvalue weighted by Crippen LogP contribution is -2.60. The molecule has 0 unspecified atom stereocenters. The first kappa shape index (κ1) is 22.6. The van der Waals surface area contributed by atoms with Crippen molar-refractivity contribution in [3.63, 3.8) is 0 Å². The summed E-state index contributed by atoms with van der Waals surface area (Å²) >= 11 is 0. The van der Waals surface area contributed by atoms with Crippen molar-refractivity contribution in [2.45, 2.75) is 0 Å². The number of ether oxygens (including phenoxy) is 2. The molecule has 190 valence electrons. The average molecular weight is 525 g/mol. The van der Waals surface area contributed by atoms with Crippen LogP contribution in [-0.2, 0) is 0 Å². The topological polar surface area (TPSA) is 44.5 Å². The summed E-state index contributed by atoms with van der Waals surface area (Å²) < 4.78 is 20.5. The summed E-state index contributed by atoms with van der Waals surface area (Å²) in [5, 5.41) is 0.883. The minimum atomic E-state index is -0.107. The van der Waals surface area contributed by atoms with Crippen LogP contribution in [0.5, 0.6) is 23.0 Å². The first-order valence-corrected chi connectivity index (χ1v) is 13.9. The first-order valence-electron chi connectivity index (χ1n) is 13.9. The van der Waals surface area contributed by atoms with E-state index in [1.54, 1.807) is 0 Å². The number of hydrogen-bond acceptors (Lipinski definition) is 4. The van der Waals surface area contributed by atoms with Crippen LogP contribution in [0.1, 0.15) is 0 Å². The number of aromatic nitrogens is 1. The summed E-state index contributed by atoms with van der Waals surface area (Å²) in [5.74, 6) is 3.21. The summed E-state index contributed by atoms with van der Waals surface area (Å²) in [7, 11) is 0. The van der Waals surface area contributed by atoms with Crippen LogP contribution in [0.15, 0.2) is 132 Å². The first-order chi connectivity index (χ1) is 20.4. The standard InChI is InChI=1S/C35H21B2NO3/c1-3-12-22(13-4-1)36-24-16-7-9-18-26(24)39-33-29-32-28(20-11-21-38-32)41-34(29)31-35(30(33)36)40-27-19-10-8-17-25(27)37(31)23-14-5-2-6-15-23/h1-21H. The molecule has 0 bridgehead atoms. The predicted octanol–water partition coefficient (Wildman–Crippen LogP) is 4.22. The Labute approximate surface area is 237 Å². The van der Waals surface area contributed by atoms with E-state index in [0.29, 0.717) is 0 Å². The maximum Gasteiger partial charge on any atom is 0.255 e. The fourth-order valence-electron chi connectivity index (χ4n) is 6.69. The summed E-state index contributed by atoms with van der Waals surface area (Å²) in [4.78, 5) is 4.81. The van der Waals surface area contributed by atoms with Gasteiger partial charge in [0, 0.05) is 17.1 Å². The molecular formula is C35H21B2NO3. The van der Waals surface area contributed by atoms with Gasteiger partial charge in [-0.05, 0) is 35.2 Å². The Morgan fingerprint density at radius 1 is 0.512 bits per heavy atom. The lowest BCUT2D eigenvalue weighted by Gasteiger charge is -2.34. The van der Waals surface area contributed by atoms with E-state index in [1.807, 2.05) is 36.5 Å². The van der Waals surface area contributed by atoms with E-state index >= 15 is 0 Å². The van der Waals surface area contributed by atoms with Gasteiger partial charge in [-0.25, -0.2) is 0 Å². The molecule has 4 nitrogen and oxygen atoms in total. The normalized spacial score (nSPS) is 13.2. The number of hydrogen-bond donors (Lipinski definition) is 0. The zero-order chi connectivity index (χ0) is 26.9. The van der Waals surface area contributed by atoms with E-state index in [0.717, 1.165) is 66.9 Å². The van der Waals surface area contributed by atoms with Gasteiger partial charge in [0.25, 0.3) is 13.4 Å². The second-order valence-electron chi connectivity index (χ2n) is 10.6. The third-order valence-corrected chi connectivity index (χ3v) is 8.38. The number of rotatable bonds is 2. The predicted molar refractivity (Wildman–Crippen MR) is 167 cm³/mol. The van der Waals surface area contributed by atoms with E-state index < -0.39 is 0 Å². The Bertz CT molecular complexity index is 2130. The minimum absolute atomic E-state index is 0.0990. The number of benzene rings is 5. The molecule has 0 fully saturated rings. The monoisotopic (exact) mass is 525 g/mol. The van der Waals surface area contributed by atoms with Crippen LogP contribution in [0.2, 0.25) is 0 Å². The minimum Gasteiger partial charge on any atom is -0.459 e. The van der Waals surface area contributed by atoms with Crippen LogP contribution >= 0.6 is 0 Å². The number of fused-ring (bicyclic) bond motifs is 10. The van der Waals surface area contributed by atoms with Crippen LogP contribution < -0.4 is 42.3 Å². The SMILES string of the molecule is c1ccc(B2c3ccccc3Oc3c2c2c(c4oc5cccnc5c34)B(c3ccccc3)c3ccccc3O2)cc1. The summed E-state index contributed by atoms with van der Waals surface area (Å²) in [6.45, 7) is -0.206. The van der Waals surface area contributed by atoms with Gasteiger partial charge < -0.3 is 13.9 Å². The number of para-hydroxylation sites is 2. The van der Waals surface area contributed by atoms with Gasteiger partial charge in [0.15, 0.2) is 5.58 Å². The number of pyridine rings is 1. The highest BCUT2D eigenvalue weighted by Gasteiger charge is 2.44. The maximum absolute atomic E-state index is 6.94. The van der Waals surface area contributed by atoms with Crippen molar-refractivity contribution in [3.05, 3.63) is 128 Å². The van der Waals surface area contributed by atoms with Gasteiger partial charge in [-0.1, -0.05) is 108 Å². The van der Waals surface area contributed by atoms with Crippen LogP contribution in [0.25, 0.3) is 22.1 Å². The molecule has 9 rings (SSSR count). The van der Waals surface area contributed by atoms with Gasteiger partial charge >= 0.3 is 0 Å². The van der Waals surface area contributed by atoms with E-state index in [9.17, 15) is 0 Å². The molecule has 2 aromatic heterocycles. The van der Waals surface area contributed by atoms with Gasteiger partial charge in [0.2, 0.25) is 0 Å². The highest BCUT2D eigenvalue weighted by molar-refractivity contribution is 7.01. The molecule has 4 heterocycles. The molecule has 41 heavy (non-hydrogen) atoms. The Morgan fingerprint density at radius 3 is 1.73 bits per heavy atom. The van der Waals surface area contributed by atoms with E-state index in [4.69, 9.17) is 18.9 Å². The second kappa shape index (κ2) is 8.64. The van der Waals surface area contributed by atoms with Crippen molar-refractivity contribution in [2.24, 2.45) is 0 Å². The molecule has 6 heteroatoms. The highest BCUT2D eigenvalue weighted by atomic mass is 16.5. The van der Waals surface area contributed by atoms with E-state index in [1.165, 1.54) is 10.9 Å². The quantitative estimate of drug-likeness (QED) is 0.317. The van der Waals surface area contributed by atoms with Crippen LogP contribution in [0.4, 0.5) is 0 Å². The Morgan fingerprint density at radius 2 is 1.07 bits per heavy atom. The van der Waals surface area contributed by atoms with E-state index in [2.05, 4.69) is 91.0 Å². The molecule has 5 aromatic carbocycles. The molecule has 2 aliphatic heterocycles. The molecule has 0 saturated heterocycles. The molecule has 0 N–H and O–H groups in total. The third-order valence-electron chi connectivity index (χ3n) is 8.38. The van der Waals surface area contributed by atoms with Crippen molar-refractivity contribution in [3.8, 4) is 23.0 Å². The maximum atomic E-state index is 6.94. The largest absolute Gasteiger partial charge is 0.459 e. The molecule has 0 spiro atoms. The second-order valence-corrected chi connectivity index (χ2v) is 10.6. The molecule has 7 aromatic rings. The van der Waals surface area contributed by atoms with E-state index in [-0.39, 0.29) is 13.4 Å². The molecule has 0 radical (unpaired) electrons. The lowest BCUT2D eigenvalue weighted by atomic mass is 9.32. The fraction of sp³-hybridized carbons (Fsp3) is 0. The Kier molecular flexibility index (Phi) is 4.76. The molecular weight excluding hydrogens is 504 g/mol. The summed E-state index contributed by atoms with van der Waals surface area (Å²) in [5.41, 5.74) is 8.83. The summed E-state index contributed by atoms with van der Waals surface area (Å²) in [6, 6.07) is 41.7.